The fourth-order valence-electron chi connectivity index (χ4n) is 3.62. The van der Waals surface area contributed by atoms with Crippen molar-refractivity contribution in [3.8, 4) is 0 Å². The quantitative estimate of drug-likeness (QED) is 0.843. The summed E-state index contributed by atoms with van der Waals surface area (Å²) in [5.41, 5.74) is 2.37. The summed E-state index contributed by atoms with van der Waals surface area (Å²) in [7, 11) is 0. The number of amides is 1. The van der Waals surface area contributed by atoms with E-state index in [4.69, 9.17) is 0 Å². The molecule has 1 aliphatic rings. The van der Waals surface area contributed by atoms with E-state index in [1.54, 1.807) is 0 Å². The molecule has 0 bridgehead atoms. The van der Waals surface area contributed by atoms with Gasteiger partial charge in [-0.3, -0.25) is 9.69 Å². The van der Waals surface area contributed by atoms with Gasteiger partial charge in [-0.25, -0.2) is 4.98 Å². The van der Waals surface area contributed by atoms with Crippen LogP contribution in [-0.2, 0) is 24.3 Å². The molecule has 0 saturated carbocycles. The largest absolute Gasteiger partial charge is 0.351 e. The highest BCUT2D eigenvalue weighted by Crippen LogP contribution is 2.19. The Morgan fingerprint density at radius 2 is 2.28 bits per heavy atom. The second-order valence-corrected chi connectivity index (χ2v) is 6.88. The number of benzene rings is 1. The Bertz CT molecular complexity index is 709. The average molecular weight is 340 g/mol. The number of carbonyl (C=O) groups excluding carboxylic acids is 1. The maximum absolute atomic E-state index is 12.4. The first-order valence-electron chi connectivity index (χ1n) is 9.22. The first-order chi connectivity index (χ1) is 12.2. The zero-order valence-corrected chi connectivity index (χ0v) is 15.2. The summed E-state index contributed by atoms with van der Waals surface area (Å²) in [4.78, 5) is 19.1. The third kappa shape index (κ3) is 4.69. The van der Waals surface area contributed by atoms with Crippen LogP contribution < -0.4 is 5.32 Å². The Kier molecular flexibility index (Phi) is 5.87. The molecular formula is C20H28N4O. The topological polar surface area (TPSA) is 50.2 Å². The molecule has 0 radical (unpaired) electrons. The third-order valence-corrected chi connectivity index (χ3v) is 4.94. The number of aryl methyl sites for hydroxylation is 2. The molecule has 1 fully saturated rings. The maximum Gasteiger partial charge on any atom is 0.234 e. The summed E-state index contributed by atoms with van der Waals surface area (Å²) in [5, 5.41) is 3.06. The van der Waals surface area contributed by atoms with Crippen molar-refractivity contribution in [2.45, 2.75) is 52.2 Å². The van der Waals surface area contributed by atoms with E-state index in [0.717, 1.165) is 43.7 Å². The molecule has 0 spiro atoms. The number of nitrogens with zero attached hydrogens (tertiary/aromatic N) is 3. The number of imidazole rings is 1. The van der Waals surface area contributed by atoms with Crippen LogP contribution in [-0.4, -0.2) is 39.5 Å². The van der Waals surface area contributed by atoms with Gasteiger partial charge in [0, 0.05) is 37.9 Å². The molecule has 1 amide bonds. The fourth-order valence-corrected chi connectivity index (χ4v) is 3.62. The Hall–Kier alpha value is -2.14. The molecule has 3 rings (SSSR count). The van der Waals surface area contributed by atoms with E-state index in [9.17, 15) is 4.79 Å². The van der Waals surface area contributed by atoms with Gasteiger partial charge < -0.3 is 9.88 Å². The summed E-state index contributed by atoms with van der Waals surface area (Å²) in [6, 6.07) is 8.69. The lowest BCUT2D eigenvalue weighted by molar-refractivity contribution is -0.122. The highest BCUT2D eigenvalue weighted by molar-refractivity contribution is 5.78. The van der Waals surface area contributed by atoms with Gasteiger partial charge in [0.2, 0.25) is 5.91 Å². The van der Waals surface area contributed by atoms with Crippen LogP contribution in [0.15, 0.2) is 36.7 Å². The third-order valence-electron chi connectivity index (χ3n) is 4.94. The lowest BCUT2D eigenvalue weighted by atomic mass is 10.1. The normalized spacial score (nSPS) is 17.8. The first-order valence-corrected chi connectivity index (χ1v) is 9.22. The van der Waals surface area contributed by atoms with Crippen LogP contribution in [0, 0.1) is 6.92 Å². The van der Waals surface area contributed by atoms with E-state index in [1.165, 1.54) is 5.56 Å². The molecule has 1 saturated heterocycles. The summed E-state index contributed by atoms with van der Waals surface area (Å²) < 4.78 is 2.23. The highest BCUT2D eigenvalue weighted by atomic mass is 16.2. The molecule has 0 unspecified atom stereocenters. The van der Waals surface area contributed by atoms with Crippen LogP contribution in [0.3, 0.4) is 0 Å². The van der Waals surface area contributed by atoms with Crippen LogP contribution in [0.4, 0.5) is 0 Å². The van der Waals surface area contributed by atoms with Crippen molar-refractivity contribution in [1.29, 1.82) is 0 Å². The Morgan fingerprint density at radius 3 is 3.08 bits per heavy atom. The molecule has 2 aromatic rings. The zero-order valence-electron chi connectivity index (χ0n) is 15.2. The lowest BCUT2D eigenvalue weighted by Crippen LogP contribution is -2.41. The number of rotatable bonds is 7. The smallest absolute Gasteiger partial charge is 0.234 e. The van der Waals surface area contributed by atoms with E-state index in [2.05, 4.69) is 51.8 Å². The SMILES string of the molecule is CCc1nccn1C[C@@H]1CCCN1CC(=O)NCc1cccc(C)c1. The Labute approximate surface area is 150 Å². The maximum atomic E-state index is 12.4. The Balaban J connectivity index is 1.51. The zero-order chi connectivity index (χ0) is 17.6. The van der Waals surface area contributed by atoms with Crippen LogP contribution in [0.1, 0.15) is 36.7 Å². The molecule has 25 heavy (non-hydrogen) atoms. The second kappa shape index (κ2) is 8.30. The van der Waals surface area contributed by atoms with Gasteiger partial charge in [0.15, 0.2) is 0 Å². The van der Waals surface area contributed by atoms with Crippen molar-refractivity contribution in [2.24, 2.45) is 0 Å². The summed E-state index contributed by atoms with van der Waals surface area (Å²) in [5.74, 6) is 1.23. The molecule has 0 aliphatic carbocycles. The summed E-state index contributed by atoms with van der Waals surface area (Å²) in [6.07, 6.45) is 7.16. The van der Waals surface area contributed by atoms with E-state index in [0.29, 0.717) is 19.1 Å². The van der Waals surface area contributed by atoms with Crippen LogP contribution in [0.25, 0.3) is 0 Å². The van der Waals surface area contributed by atoms with Gasteiger partial charge in [-0.2, -0.15) is 0 Å². The molecule has 134 valence electrons. The highest BCUT2D eigenvalue weighted by Gasteiger charge is 2.26. The number of likely N-dealkylation sites (tertiary alicyclic amines) is 1. The van der Waals surface area contributed by atoms with E-state index in [-0.39, 0.29) is 5.91 Å². The lowest BCUT2D eigenvalue weighted by Gasteiger charge is -2.24. The van der Waals surface area contributed by atoms with Crippen molar-refractivity contribution >= 4 is 5.91 Å². The molecule has 1 atom stereocenters. The number of aromatic nitrogens is 2. The van der Waals surface area contributed by atoms with Crippen molar-refractivity contribution in [3.05, 3.63) is 53.6 Å². The van der Waals surface area contributed by atoms with Crippen molar-refractivity contribution < 1.29 is 4.79 Å². The van der Waals surface area contributed by atoms with E-state index in [1.807, 2.05) is 18.5 Å². The molecular weight excluding hydrogens is 312 g/mol. The second-order valence-electron chi connectivity index (χ2n) is 6.88. The number of hydrogen-bond donors (Lipinski definition) is 1. The average Bonchev–Trinajstić information content (AvgIpc) is 3.23. The van der Waals surface area contributed by atoms with Gasteiger partial charge in [-0.05, 0) is 31.9 Å². The van der Waals surface area contributed by atoms with Crippen molar-refractivity contribution in [3.63, 3.8) is 0 Å². The summed E-state index contributed by atoms with van der Waals surface area (Å²) in [6.45, 7) is 7.20. The molecule has 5 heteroatoms. The van der Waals surface area contributed by atoms with Crippen molar-refractivity contribution in [2.75, 3.05) is 13.1 Å². The standard InChI is InChI=1S/C20H28N4O/c1-3-19-21-9-11-24(19)14-18-8-5-10-23(18)15-20(25)22-13-17-7-4-6-16(2)12-17/h4,6-7,9,11-12,18H,3,5,8,10,13-15H2,1-2H3,(H,22,25)/t18-/m0/s1. The van der Waals surface area contributed by atoms with Gasteiger partial charge in [0.1, 0.15) is 5.82 Å². The predicted octanol–water partition coefficient (Wildman–Crippen LogP) is 2.53. The predicted molar refractivity (Wildman–Crippen MR) is 99.2 cm³/mol. The summed E-state index contributed by atoms with van der Waals surface area (Å²) >= 11 is 0. The van der Waals surface area contributed by atoms with Gasteiger partial charge in [-0.15, -0.1) is 0 Å². The number of hydrogen-bond acceptors (Lipinski definition) is 3. The van der Waals surface area contributed by atoms with Crippen LogP contribution in [0.5, 0.6) is 0 Å². The minimum absolute atomic E-state index is 0.106. The first kappa shape index (κ1) is 17.7. The van der Waals surface area contributed by atoms with Crippen LogP contribution >= 0.6 is 0 Å². The van der Waals surface area contributed by atoms with Gasteiger partial charge in [0.25, 0.3) is 0 Å². The van der Waals surface area contributed by atoms with E-state index < -0.39 is 0 Å². The number of carbonyl (C=O) groups is 1. The van der Waals surface area contributed by atoms with Gasteiger partial charge >= 0.3 is 0 Å². The monoisotopic (exact) mass is 340 g/mol. The minimum Gasteiger partial charge on any atom is -0.351 e. The molecule has 5 nitrogen and oxygen atoms in total. The number of nitrogens with one attached hydrogen (secondary N) is 1. The molecule has 1 aromatic heterocycles. The van der Waals surface area contributed by atoms with Gasteiger partial charge in [0.05, 0.1) is 6.54 Å². The molecule has 1 aliphatic heterocycles. The van der Waals surface area contributed by atoms with Crippen LogP contribution in [0.2, 0.25) is 0 Å². The molecule has 2 heterocycles. The van der Waals surface area contributed by atoms with Gasteiger partial charge in [-0.1, -0.05) is 36.8 Å². The molecule has 1 aromatic carbocycles. The molecule has 1 N–H and O–H groups in total. The minimum atomic E-state index is 0.106. The fraction of sp³-hybridized carbons (Fsp3) is 0.500. The van der Waals surface area contributed by atoms with Crippen molar-refractivity contribution in [1.82, 2.24) is 19.8 Å². The Morgan fingerprint density at radius 1 is 1.40 bits per heavy atom. The van der Waals surface area contributed by atoms with E-state index >= 15 is 0 Å².